The van der Waals surface area contributed by atoms with Crippen LogP contribution in [0, 0.1) is 23.5 Å². The summed E-state index contributed by atoms with van der Waals surface area (Å²) in [6.45, 7) is 4.66. The van der Waals surface area contributed by atoms with Gasteiger partial charge in [-0.2, -0.15) is 0 Å². The van der Waals surface area contributed by atoms with E-state index in [1.807, 2.05) is 6.92 Å². The van der Waals surface area contributed by atoms with Gasteiger partial charge in [0.2, 0.25) is 5.91 Å². The first-order valence-corrected chi connectivity index (χ1v) is 13.2. The average molecular weight is 517 g/mol. The quantitative estimate of drug-likeness (QED) is 0.585. The lowest BCUT2D eigenvalue weighted by Gasteiger charge is -2.43. The lowest BCUT2D eigenvalue weighted by atomic mass is 9.86. The zero-order chi connectivity index (χ0) is 25.9. The molecule has 3 fully saturated rings. The van der Waals surface area contributed by atoms with Gasteiger partial charge >= 0.3 is 0 Å². The number of hydrogen-bond donors (Lipinski definition) is 2. The number of benzene rings is 1. The molecule has 3 aliphatic rings. The van der Waals surface area contributed by atoms with Gasteiger partial charge in [0.1, 0.15) is 11.6 Å². The lowest BCUT2D eigenvalue weighted by Crippen LogP contribution is -2.59. The van der Waals surface area contributed by atoms with Crippen molar-refractivity contribution in [3.8, 4) is 11.3 Å². The fourth-order valence-electron chi connectivity index (χ4n) is 5.63. The molecule has 2 saturated heterocycles. The third kappa shape index (κ3) is 5.85. The Kier molecular flexibility index (Phi) is 7.85. The molecular formula is C27H34F2N4O4. The Morgan fingerprint density at radius 2 is 1.89 bits per heavy atom. The summed E-state index contributed by atoms with van der Waals surface area (Å²) in [5.74, 6) is -2.16. The molecule has 3 heterocycles. The Labute approximate surface area is 215 Å². The fourth-order valence-corrected chi connectivity index (χ4v) is 5.63. The number of likely N-dealkylation sites (tertiary alicyclic amines) is 1. The van der Waals surface area contributed by atoms with E-state index in [2.05, 4.69) is 20.7 Å². The van der Waals surface area contributed by atoms with Gasteiger partial charge in [-0.15, -0.1) is 0 Å². The second-order valence-corrected chi connectivity index (χ2v) is 10.6. The van der Waals surface area contributed by atoms with Gasteiger partial charge in [-0.25, -0.2) is 8.78 Å². The van der Waals surface area contributed by atoms with Gasteiger partial charge in [-0.3, -0.25) is 14.5 Å². The number of amides is 2. The van der Waals surface area contributed by atoms with Crippen molar-refractivity contribution in [3.05, 3.63) is 41.6 Å². The highest BCUT2D eigenvalue weighted by Gasteiger charge is 2.39. The zero-order valence-corrected chi connectivity index (χ0v) is 21.1. The molecule has 3 atom stereocenters. The number of halogens is 2. The van der Waals surface area contributed by atoms with Crippen LogP contribution in [0.3, 0.4) is 0 Å². The van der Waals surface area contributed by atoms with Crippen molar-refractivity contribution >= 4 is 11.8 Å². The van der Waals surface area contributed by atoms with E-state index < -0.39 is 23.5 Å². The van der Waals surface area contributed by atoms with Crippen LogP contribution in [0.25, 0.3) is 11.3 Å². The SMILES string of the molecule is CC(NC(=O)C1CN(C2CCCCC2)CCC1NC(=O)c1cc(-c2ccc(F)cc2F)on1)C1COC1. The molecule has 10 heteroatoms. The summed E-state index contributed by atoms with van der Waals surface area (Å²) < 4.78 is 37.9. The maximum absolute atomic E-state index is 14.2. The van der Waals surface area contributed by atoms with Crippen LogP contribution in [-0.4, -0.2) is 66.3 Å². The number of aromatic nitrogens is 1. The first-order chi connectivity index (χ1) is 17.9. The second kappa shape index (κ2) is 11.3. The van der Waals surface area contributed by atoms with Crippen molar-refractivity contribution in [1.29, 1.82) is 0 Å². The predicted octanol–water partition coefficient (Wildman–Crippen LogP) is 3.52. The number of rotatable bonds is 7. The molecule has 0 radical (unpaired) electrons. The van der Waals surface area contributed by atoms with E-state index in [0.29, 0.717) is 38.1 Å². The number of piperidine rings is 1. The molecule has 8 nitrogen and oxygen atoms in total. The van der Waals surface area contributed by atoms with Crippen molar-refractivity contribution in [2.45, 2.75) is 63.6 Å². The Morgan fingerprint density at radius 3 is 2.59 bits per heavy atom. The summed E-state index contributed by atoms with van der Waals surface area (Å²) in [5, 5.41) is 9.93. The summed E-state index contributed by atoms with van der Waals surface area (Å²) >= 11 is 0. The van der Waals surface area contributed by atoms with Crippen LogP contribution in [-0.2, 0) is 9.53 Å². The molecule has 0 spiro atoms. The third-order valence-electron chi connectivity index (χ3n) is 8.07. The molecule has 1 aromatic carbocycles. The van der Waals surface area contributed by atoms with E-state index >= 15 is 0 Å². The monoisotopic (exact) mass is 516 g/mol. The van der Waals surface area contributed by atoms with Crippen molar-refractivity contribution in [2.75, 3.05) is 26.3 Å². The van der Waals surface area contributed by atoms with Crippen LogP contribution >= 0.6 is 0 Å². The van der Waals surface area contributed by atoms with Crippen LogP contribution in [0.15, 0.2) is 28.8 Å². The largest absolute Gasteiger partial charge is 0.381 e. The molecule has 37 heavy (non-hydrogen) atoms. The third-order valence-corrected chi connectivity index (χ3v) is 8.07. The summed E-state index contributed by atoms with van der Waals surface area (Å²) in [5.41, 5.74) is -0.00691. The van der Waals surface area contributed by atoms with Gasteiger partial charge in [-0.05, 0) is 38.3 Å². The molecule has 3 unspecified atom stereocenters. The molecule has 2 aromatic rings. The first kappa shape index (κ1) is 25.8. The van der Waals surface area contributed by atoms with Gasteiger partial charge in [0.05, 0.1) is 24.7 Å². The van der Waals surface area contributed by atoms with E-state index in [9.17, 15) is 18.4 Å². The Balaban J connectivity index is 1.28. The van der Waals surface area contributed by atoms with Gasteiger partial charge in [-0.1, -0.05) is 24.4 Å². The Bertz CT molecular complexity index is 1120. The summed E-state index contributed by atoms with van der Waals surface area (Å²) in [4.78, 5) is 28.9. The lowest BCUT2D eigenvalue weighted by molar-refractivity contribution is -0.130. The van der Waals surface area contributed by atoms with Crippen LogP contribution in [0.1, 0.15) is 55.9 Å². The summed E-state index contributed by atoms with van der Waals surface area (Å²) in [6, 6.07) is 4.52. The molecule has 200 valence electrons. The van der Waals surface area contributed by atoms with Gasteiger partial charge in [0, 0.05) is 49.3 Å². The van der Waals surface area contributed by atoms with E-state index in [1.54, 1.807) is 0 Å². The molecule has 0 bridgehead atoms. The van der Waals surface area contributed by atoms with E-state index in [0.717, 1.165) is 31.5 Å². The van der Waals surface area contributed by atoms with Crippen molar-refractivity contribution in [1.82, 2.24) is 20.7 Å². The highest BCUT2D eigenvalue weighted by molar-refractivity contribution is 5.94. The molecule has 1 saturated carbocycles. The minimum atomic E-state index is -0.805. The minimum absolute atomic E-state index is 0.00800. The highest BCUT2D eigenvalue weighted by Crippen LogP contribution is 2.29. The Morgan fingerprint density at radius 1 is 1.11 bits per heavy atom. The number of ether oxygens (including phenoxy) is 1. The van der Waals surface area contributed by atoms with Gasteiger partial charge in [0.25, 0.3) is 5.91 Å². The maximum atomic E-state index is 14.2. The molecule has 5 rings (SSSR count). The fraction of sp³-hybridized carbons (Fsp3) is 0.593. The summed E-state index contributed by atoms with van der Waals surface area (Å²) in [6.07, 6.45) is 6.60. The minimum Gasteiger partial charge on any atom is -0.381 e. The van der Waals surface area contributed by atoms with E-state index in [-0.39, 0.29) is 35.0 Å². The van der Waals surface area contributed by atoms with Crippen LogP contribution in [0.2, 0.25) is 0 Å². The number of carbonyl (C=O) groups excluding carboxylic acids is 2. The second-order valence-electron chi connectivity index (χ2n) is 10.6. The topological polar surface area (TPSA) is 96.7 Å². The van der Waals surface area contributed by atoms with Crippen LogP contribution in [0.5, 0.6) is 0 Å². The molecule has 2 amide bonds. The number of nitrogens with one attached hydrogen (secondary N) is 2. The van der Waals surface area contributed by atoms with Crippen LogP contribution < -0.4 is 10.6 Å². The average Bonchev–Trinajstić information content (AvgIpc) is 3.34. The van der Waals surface area contributed by atoms with Gasteiger partial charge in [0.15, 0.2) is 11.5 Å². The van der Waals surface area contributed by atoms with E-state index in [4.69, 9.17) is 9.26 Å². The molecule has 1 aromatic heterocycles. The smallest absolute Gasteiger partial charge is 0.273 e. The summed E-state index contributed by atoms with van der Waals surface area (Å²) in [7, 11) is 0. The van der Waals surface area contributed by atoms with Crippen LogP contribution in [0.4, 0.5) is 8.78 Å². The van der Waals surface area contributed by atoms with Crippen molar-refractivity contribution in [2.24, 2.45) is 11.8 Å². The highest BCUT2D eigenvalue weighted by atomic mass is 19.1. The molecule has 1 aliphatic carbocycles. The number of nitrogens with zero attached hydrogens (tertiary/aromatic N) is 2. The standard InChI is InChI=1S/C27H34F2N4O4/c1-16(17-14-36-15-17)30-26(34)21-13-33(19-5-3-2-4-6-19)10-9-23(21)31-27(35)24-12-25(37-32-24)20-8-7-18(28)11-22(20)29/h7-8,11-12,16-17,19,21,23H,2-6,9-10,13-15H2,1H3,(H,30,34)(H,31,35). The molecular weight excluding hydrogens is 482 g/mol. The van der Waals surface area contributed by atoms with Crippen molar-refractivity contribution in [3.63, 3.8) is 0 Å². The number of hydrogen-bond acceptors (Lipinski definition) is 6. The van der Waals surface area contributed by atoms with Crippen molar-refractivity contribution < 1.29 is 27.6 Å². The normalized spacial score (nSPS) is 24.3. The van der Waals surface area contributed by atoms with Gasteiger partial charge < -0.3 is 19.9 Å². The number of carbonyl (C=O) groups is 2. The van der Waals surface area contributed by atoms with E-state index in [1.165, 1.54) is 31.4 Å². The predicted molar refractivity (Wildman–Crippen MR) is 132 cm³/mol. The molecule has 2 aliphatic heterocycles. The Hall–Kier alpha value is -2.85. The maximum Gasteiger partial charge on any atom is 0.273 e. The zero-order valence-electron chi connectivity index (χ0n) is 21.1. The first-order valence-electron chi connectivity index (χ1n) is 13.2. The molecule has 2 N–H and O–H groups in total.